The number of halogens is 1. The lowest BCUT2D eigenvalue weighted by molar-refractivity contribution is 0.0351. The van der Waals surface area contributed by atoms with Gasteiger partial charge in [0.05, 0.1) is 23.5 Å². The van der Waals surface area contributed by atoms with Gasteiger partial charge in [-0.3, -0.25) is 0 Å². The third-order valence-electron chi connectivity index (χ3n) is 2.32. The van der Waals surface area contributed by atoms with Crippen molar-refractivity contribution in [2.75, 3.05) is 5.33 Å². The normalized spacial score (nSPS) is 15.4. The first kappa shape index (κ1) is 10.6. The fourth-order valence-electron chi connectivity index (χ4n) is 1.52. The molecule has 0 aliphatic carbocycles. The highest BCUT2D eigenvalue weighted by Gasteiger charge is 2.19. The molecule has 15 heavy (non-hydrogen) atoms. The van der Waals surface area contributed by atoms with E-state index >= 15 is 0 Å². The molecule has 80 valence electrons. The summed E-state index contributed by atoms with van der Waals surface area (Å²) in [6, 6.07) is 5.46. The van der Waals surface area contributed by atoms with E-state index in [2.05, 4.69) is 25.9 Å². The molecule has 0 amide bonds. The first-order valence-electron chi connectivity index (χ1n) is 4.58. The average Bonchev–Trinajstić information content (AvgIpc) is 2.74. The number of aromatic amines is 1. The molecule has 2 rings (SSSR count). The number of rotatable bonds is 3. The van der Waals surface area contributed by atoms with Crippen LogP contribution in [0.3, 0.4) is 0 Å². The van der Waals surface area contributed by atoms with Crippen molar-refractivity contribution in [1.29, 1.82) is 0 Å². The molecule has 1 aromatic carbocycles. The van der Waals surface area contributed by atoms with Gasteiger partial charge in [-0.15, -0.1) is 0 Å². The van der Waals surface area contributed by atoms with Crippen molar-refractivity contribution in [3.05, 3.63) is 30.1 Å². The summed E-state index contributed by atoms with van der Waals surface area (Å²) in [5, 5.41) is 19.7. The van der Waals surface area contributed by atoms with Crippen molar-refractivity contribution < 1.29 is 10.2 Å². The number of hydrogen-bond donors (Lipinski definition) is 3. The van der Waals surface area contributed by atoms with E-state index in [1.165, 1.54) is 0 Å². The summed E-state index contributed by atoms with van der Waals surface area (Å²) in [5.74, 6) is 0. The van der Waals surface area contributed by atoms with Gasteiger partial charge >= 0.3 is 0 Å². The van der Waals surface area contributed by atoms with Crippen molar-refractivity contribution in [2.45, 2.75) is 12.2 Å². The molecule has 0 bridgehead atoms. The molecule has 1 heterocycles. The van der Waals surface area contributed by atoms with Crippen LogP contribution >= 0.6 is 15.9 Å². The van der Waals surface area contributed by atoms with Gasteiger partial charge in [0.2, 0.25) is 0 Å². The van der Waals surface area contributed by atoms with E-state index in [1.807, 2.05) is 12.1 Å². The Labute approximate surface area is 95.1 Å². The lowest BCUT2D eigenvalue weighted by Gasteiger charge is -2.15. The number of aliphatic hydroxyl groups excluding tert-OH is 2. The van der Waals surface area contributed by atoms with E-state index in [0.717, 1.165) is 5.52 Å². The summed E-state index contributed by atoms with van der Waals surface area (Å²) in [5.41, 5.74) is 2.19. The predicted octanol–water partition coefficient (Wildman–Crippen LogP) is 1.35. The van der Waals surface area contributed by atoms with E-state index in [1.54, 1.807) is 12.4 Å². The second kappa shape index (κ2) is 4.30. The van der Waals surface area contributed by atoms with Crippen LogP contribution in [0.15, 0.2) is 24.5 Å². The fraction of sp³-hybridized carbons (Fsp3) is 0.300. The molecule has 0 spiro atoms. The summed E-state index contributed by atoms with van der Waals surface area (Å²) in [6.45, 7) is 0. The largest absolute Gasteiger partial charge is 0.389 e. The van der Waals surface area contributed by atoms with Gasteiger partial charge in [-0.1, -0.05) is 28.1 Å². The number of imidazole rings is 1. The third kappa shape index (κ3) is 1.90. The van der Waals surface area contributed by atoms with Gasteiger partial charge < -0.3 is 15.2 Å². The summed E-state index contributed by atoms with van der Waals surface area (Å²) >= 11 is 3.13. The molecule has 0 aliphatic rings. The monoisotopic (exact) mass is 270 g/mol. The molecule has 2 aromatic rings. The fourth-order valence-corrected chi connectivity index (χ4v) is 1.87. The SMILES string of the molecule is OC(CBr)C(O)c1cccc2[nH]cnc12. The summed E-state index contributed by atoms with van der Waals surface area (Å²) in [6.07, 6.45) is -0.176. The molecule has 0 aliphatic heterocycles. The Morgan fingerprint density at radius 1 is 1.40 bits per heavy atom. The highest BCUT2D eigenvalue weighted by atomic mass is 79.9. The number of H-pyrrole nitrogens is 1. The van der Waals surface area contributed by atoms with Crippen molar-refractivity contribution in [1.82, 2.24) is 9.97 Å². The van der Waals surface area contributed by atoms with Gasteiger partial charge in [0.1, 0.15) is 6.10 Å². The molecule has 3 N–H and O–H groups in total. The molecular formula is C10H11BrN2O2. The van der Waals surface area contributed by atoms with E-state index in [9.17, 15) is 10.2 Å². The molecule has 0 fully saturated rings. The van der Waals surface area contributed by atoms with Gasteiger partial charge in [0.15, 0.2) is 0 Å². The maximum absolute atomic E-state index is 9.87. The maximum atomic E-state index is 9.87. The first-order chi connectivity index (χ1) is 7.24. The van der Waals surface area contributed by atoms with Gasteiger partial charge in [-0.25, -0.2) is 4.98 Å². The first-order valence-corrected chi connectivity index (χ1v) is 5.70. The van der Waals surface area contributed by atoms with Gasteiger partial charge in [0.25, 0.3) is 0 Å². The Morgan fingerprint density at radius 2 is 2.20 bits per heavy atom. The Kier molecular flexibility index (Phi) is 3.04. The number of nitrogens with one attached hydrogen (secondary N) is 1. The average molecular weight is 271 g/mol. The highest BCUT2D eigenvalue weighted by molar-refractivity contribution is 9.09. The molecule has 0 saturated carbocycles. The topological polar surface area (TPSA) is 69.1 Å². The van der Waals surface area contributed by atoms with Crippen LogP contribution in [0.5, 0.6) is 0 Å². The van der Waals surface area contributed by atoms with Gasteiger partial charge in [0, 0.05) is 10.9 Å². The van der Waals surface area contributed by atoms with Crippen LogP contribution in [0.4, 0.5) is 0 Å². The number of fused-ring (bicyclic) bond motifs is 1. The van der Waals surface area contributed by atoms with Crippen LogP contribution in [0.2, 0.25) is 0 Å². The number of alkyl halides is 1. The van der Waals surface area contributed by atoms with Gasteiger partial charge in [-0.2, -0.15) is 0 Å². The minimum absolute atomic E-state index is 0.328. The van der Waals surface area contributed by atoms with Crippen molar-refractivity contribution >= 4 is 27.0 Å². The zero-order chi connectivity index (χ0) is 10.8. The zero-order valence-corrected chi connectivity index (χ0v) is 9.48. The van der Waals surface area contributed by atoms with E-state index in [4.69, 9.17) is 0 Å². The van der Waals surface area contributed by atoms with E-state index in [-0.39, 0.29) is 0 Å². The third-order valence-corrected chi connectivity index (χ3v) is 2.99. The molecule has 4 nitrogen and oxygen atoms in total. The van der Waals surface area contributed by atoms with Crippen LogP contribution in [0, 0.1) is 0 Å². The Hall–Kier alpha value is -0.910. The van der Waals surface area contributed by atoms with E-state index in [0.29, 0.717) is 16.4 Å². The number of aromatic nitrogens is 2. The summed E-state index contributed by atoms with van der Waals surface area (Å²) in [4.78, 5) is 7.07. The van der Waals surface area contributed by atoms with Crippen molar-refractivity contribution in [2.24, 2.45) is 0 Å². The van der Waals surface area contributed by atoms with Crippen LogP contribution < -0.4 is 0 Å². The summed E-state index contributed by atoms with van der Waals surface area (Å²) < 4.78 is 0. The molecule has 2 atom stereocenters. The molecule has 5 heteroatoms. The number of nitrogens with zero attached hydrogens (tertiary/aromatic N) is 1. The molecule has 0 saturated heterocycles. The molecule has 2 unspecified atom stereocenters. The number of para-hydroxylation sites is 1. The van der Waals surface area contributed by atoms with Crippen molar-refractivity contribution in [3.63, 3.8) is 0 Å². The number of aliphatic hydroxyl groups is 2. The number of hydrogen-bond acceptors (Lipinski definition) is 3. The van der Waals surface area contributed by atoms with Crippen LogP contribution in [0.1, 0.15) is 11.7 Å². The second-order valence-corrected chi connectivity index (χ2v) is 3.96. The number of benzene rings is 1. The van der Waals surface area contributed by atoms with Crippen LogP contribution in [0.25, 0.3) is 11.0 Å². The highest BCUT2D eigenvalue weighted by Crippen LogP contribution is 2.24. The Bertz CT molecular complexity index is 457. The Morgan fingerprint density at radius 3 is 2.93 bits per heavy atom. The quantitative estimate of drug-likeness (QED) is 0.738. The maximum Gasteiger partial charge on any atom is 0.108 e. The lowest BCUT2D eigenvalue weighted by Crippen LogP contribution is -2.19. The predicted molar refractivity (Wildman–Crippen MR) is 60.9 cm³/mol. The summed E-state index contributed by atoms with van der Waals surface area (Å²) in [7, 11) is 0. The van der Waals surface area contributed by atoms with Gasteiger partial charge in [-0.05, 0) is 6.07 Å². The molecule has 0 radical (unpaired) electrons. The second-order valence-electron chi connectivity index (χ2n) is 3.31. The minimum atomic E-state index is -0.920. The minimum Gasteiger partial charge on any atom is -0.389 e. The zero-order valence-electron chi connectivity index (χ0n) is 7.89. The van der Waals surface area contributed by atoms with E-state index < -0.39 is 12.2 Å². The molecular weight excluding hydrogens is 260 g/mol. The molecule has 1 aromatic heterocycles. The lowest BCUT2D eigenvalue weighted by atomic mass is 10.0. The smallest absolute Gasteiger partial charge is 0.108 e. The standard InChI is InChI=1S/C10H11BrN2O2/c11-4-8(14)10(15)6-2-1-3-7-9(6)13-5-12-7/h1-3,5,8,10,14-15H,4H2,(H,12,13). The van der Waals surface area contributed by atoms with Crippen LogP contribution in [-0.2, 0) is 0 Å². The Balaban J connectivity index is 2.46. The van der Waals surface area contributed by atoms with Crippen LogP contribution in [-0.4, -0.2) is 31.6 Å². The van der Waals surface area contributed by atoms with Crippen molar-refractivity contribution in [3.8, 4) is 0 Å².